The van der Waals surface area contributed by atoms with Crippen LogP contribution in [-0.2, 0) is 4.74 Å². The molecule has 0 radical (unpaired) electrons. The van der Waals surface area contributed by atoms with Crippen molar-refractivity contribution in [2.45, 2.75) is 45.6 Å². The number of carbonyl (C=O) groups excluding carboxylic acids is 1. The zero-order valence-electron chi connectivity index (χ0n) is 12.4. The van der Waals surface area contributed by atoms with E-state index in [1.54, 1.807) is 0 Å². The highest BCUT2D eigenvalue weighted by Gasteiger charge is 2.31. The fraction of sp³-hybridized carbons (Fsp3) is 0.588. The van der Waals surface area contributed by atoms with Crippen molar-refractivity contribution < 1.29 is 14.3 Å². The van der Waals surface area contributed by atoms with E-state index in [0.29, 0.717) is 25.0 Å². The second-order valence-electron chi connectivity index (χ2n) is 5.39. The van der Waals surface area contributed by atoms with E-state index in [9.17, 15) is 4.79 Å². The number of carbonyl (C=O) groups is 1. The van der Waals surface area contributed by atoms with Crippen LogP contribution in [0, 0.1) is 5.92 Å². The smallest absolute Gasteiger partial charge is 0.166 e. The zero-order valence-corrected chi connectivity index (χ0v) is 12.4. The molecule has 20 heavy (non-hydrogen) atoms. The van der Waals surface area contributed by atoms with Crippen LogP contribution in [-0.4, -0.2) is 25.1 Å². The quantitative estimate of drug-likeness (QED) is 0.676. The minimum Gasteiger partial charge on any atom is -0.493 e. The summed E-state index contributed by atoms with van der Waals surface area (Å²) in [6, 6.07) is 7.56. The van der Waals surface area contributed by atoms with Gasteiger partial charge in [0.25, 0.3) is 0 Å². The van der Waals surface area contributed by atoms with E-state index in [1.807, 2.05) is 31.2 Å². The van der Waals surface area contributed by atoms with E-state index in [-0.39, 0.29) is 5.78 Å². The fourth-order valence-electron chi connectivity index (χ4n) is 2.62. The Kier molecular flexibility index (Phi) is 5.60. The highest BCUT2D eigenvalue weighted by molar-refractivity contribution is 5.98. The minimum absolute atomic E-state index is 0.191. The van der Waals surface area contributed by atoms with E-state index in [2.05, 4.69) is 6.92 Å². The third-order valence-corrected chi connectivity index (χ3v) is 3.72. The number of benzene rings is 1. The Morgan fingerprint density at radius 1 is 1.25 bits per heavy atom. The highest BCUT2D eigenvalue weighted by atomic mass is 16.5. The van der Waals surface area contributed by atoms with Crippen molar-refractivity contribution in [1.29, 1.82) is 0 Å². The molecule has 0 aliphatic heterocycles. The van der Waals surface area contributed by atoms with Gasteiger partial charge in [0.1, 0.15) is 5.75 Å². The van der Waals surface area contributed by atoms with Gasteiger partial charge in [0.2, 0.25) is 0 Å². The molecule has 0 amide bonds. The average molecular weight is 276 g/mol. The molecule has 0 bridgehead atoms. The van der Waals surface area contributed by atoms with E-state index >= 15 is 0 Å². The molecule has 2 rings (SSSR count). The molecule has 0 spiro atoms. The molecule has 1 aliphatic rings. The van der Waals surface area contributed by atoms with Gasteiger partial charge in [-0.2, -0.15) is 0 Å². The molecule has 1 aromatic carbocycles. The average Bonchev–Trinajstić information content (AvgIpc) is 2.43. The van der Waals surface area contributed by atoms with Crippen molar-refractivity contribution in [1.82, 2.24) is 0 Å². The van der Waals surface area contributed by atoms with Gasteiger partial charge >= 0.3 is 0 Å². The van der Waals surface area contributed by atoms with Gasteiger partial charge in [-0.1, -0.05) is 19.1 Å². The summed E-state index contributed by atoms with van der Waals surface area (Å²) < 4.78 is 11.2. The monoisotopic (exact) mass is 276 g/mol. The normalized spacial score (nSPS) is 21.3. The van der Waals surface area contributed by atoms with Crippen molar-refractivity contribution in [3.63, 3.8) is 0 Å². The topological polar surface area (TPSA) is 35.5 Å². The lowest BCUT2D eigenvalue weighted by Crippen LogP contribution is -2.32. The lowest BCUT2D eigenvalue weighted by atomic mass is 9.78. The highest BCUT2D eigenvalue weighted by Crippen LogP contribution is 2.34. The zero-order chi connectivity index (χ0) is 14.4. The Balaban J connectivity index is 1.89. The standard InChI is InChI=1S/C17H24O3/c1-3-9-20-17-8-6-5-7-15(17)16(18)12-13-10-14(11-13)19-4-2/h5-8,13-14H,3-4,9-12H2,1-2H3. The second kappa shape index (κ2) is 7.44. The maximum Gasteiger partial charge on any atom is 0.166 e. The van der Waals surface area contributed by atoms with Gasteiger partial charge in [-0.15, -0.1) is 0 Å². The number of hydrogen-bond acceptors (Lipinski definition) is 3. The Labute approximate surface area is 121 Å². The Hall–Kier alpha value is -1.35. The predicted octanol–water partition coefficient (Wildman–Crippen LogP) is 3.86. The van der Waals surface area contributed by atoms with Gasteiger partial charge in [-0.3, -0.25) is 4.79 Å². The summed E-state index contributed by atoms with van der Waals surface area (Å²) in [6.45, 7) is 5.49. The van der Waals surface area contributed by atoms with Crippen LogP contribution in [0.15, 0.2) is 24.3 Å². The van der Waals surface area contributed by atoms with Crippen LogP contribution in [0.25, 0.3) is 0 Å². The molecular formula is C17H24O3. The molecule has 1 saturated carbocycles. The van der Waals surface area contributed by atoms with Crippen molar-refractivity contribution in [2.75, 3.05) is 13.2 Å². The van der Waals surface area contributed by atoms with E-state index in [0.717, 1.165) is 37.2 Å². The summed E-state index contributed by atoms with van der Waals surface area (Å²) in [5.41, 5.74) is 0.723. The summed E-state index contributed by atoms with van der Waals surface area (Å²) in [4.78, 5) is 12.4. The van der Waals surface area contributed by atoms with Crippen LogP contribution >= 0.6 is 0 Å². The molecule has 0 N–H and O–H groups in total. The van der Waals surface area contributed by atoms with Crippen LogP contribution in [0.2, 0.25) is 0 Å². The van der Waals surface area contributed by atoms with Crippen molar-refractivity contribution in [2.24, 2.45) is 5.92 Å². The van der Waals surface area contributed by atoms with Gasteiger partial charge in [0, 0.05) is 13.0 Å². The van der Waals surface area contributed by atoms with Crippen molar-refractivity contribution >= 4 is 5.78 Å². The van der Waals surface area contributed by atoms with Crippen LogP contribution in [0.1, 0.15) is 49.9 Å². The molecular weight excluding hydrogens is 252 g/mol. The maximum atomic E-state index is 12.4. The summed E-state index contributed by atoms with van der Waals surface area (Å²) in [5, 5.41) is 0. The summed E-state index contributed by atoms with van der Waals surface area (Å²) in [7, 11) is 0. The molecule has 110 valence electrons. The molecule has 0 aromatic heterocycles. The Morgan fingerprint density at radius 3 is 2.70 bits per heavy atom. The number of hydrogen-bond donors (Lipinski definition) is 0. The predicted molar refractivity (Wildman–Crippen MR) is 79.3 cm³/mol. The molecule has 0 atom stereocenters. The number of para-hydroxylation sites is 1. The Morgan fingerprint density at radius 2 is 2.00 bits per heavy atom. The van der Waals surface area contributed by atoms with Crippen LogP contribution in [0.3, 0.4) is 0 Å². The fourth-order valence-corrected chi connectivity index (χ4v) is 2.62. The van der Waals surface area contributed by atoms with Crippen LogP contribution < -0.4 is 4.74 Å². The minimum atomic E-state index is 0.191. The summed E-state index contributed by atoms with van der Waals surface area (Å²) >= 11 is 0. The first-order valence-corrected chi connectivity index (χ1v) is 7.61. The largest absolute Gasteiger partial charge is 0.493 e. The van der Waals surface area contributed by atoms with Gasteiger partial charge in [0.15, 0.2) is 5.78 Å². The first kappa shape index (κ1) is 15.0. The number of Topliss-reactive ketones (excluding diaryl/α,β-unsaturated/α-hetero) is 1. The molecule has 0 unspecified atom stereocenters. The molecule has 0 saturated heterocycles. The van der Waals surface area contributed by atoms with E-state index < -0.39 is 0 Å². The van der Waals surface area contributed by atoms with E-state index in [4.69, 9.17) is 9.47 Å². The Bertz CT molecular complexity index is 436. The SMILES string of the molecule is CCCOc1ccccc1C(=O)CC1CC(OCC)C1. The molecule has 3 nitrogen and oxygen atoms in total. The van der Waals surface area contributed by atoms with Crippen LogP contribution in [0.5, 0.6) is 5.75 Å². The van der Waals surface area contributed by atoms with Gasteiger partial charge in [0.05, 0.1) is 18.3 Å². The van der Waals surface area contributed by atoms with Crippen LogP contribution in [0.4, 0.5) is 0 Å². The molecule has 1 aliphatic carbocycles. The van der Waals surface area contributed by atoms with Crippen molar-refractivity contribution in [3.05, 3.63) is 29.8 Å². The number of rotatable bonds is 8. The van der Waals surface area contributed by atoms with Gasteiger partial charge in [-0.25, -0.2) is 0 Å². The van der Waals surface area contributed by atoms with Crippen molar-refractivity contribution in [3.8, 4) is 5.75 Å². The third-order valence-electron chi connectivity index (χ3n) is 3.72. The summed E-state index contributed by atoms with van der Waals surface area (Å²) in [6.07, 6.45) is 3.94. The lowest BCUT2D eigenvalue weighted by molar-refractivity contribution is -0.0246. The number of ether oxygens (including phenoxy) is 2. The first-order chi connectivity index (χ1) is 9.74. The lowest BCUT2D eigenvalue weighted by Gasteiger charge is -2.34. The molecule has 3 heteroatoms. The molecule has 1 aromatic rings. The number of ketones is 1. The van der Waals surface area contributed by atoms with Gasteiger partial charge in [-0.05, 0) is 44.2 Å². The second-order valence-corrected chi connectivity index (χ2v) is 5.39. The van der Waals surface area contributed by atoms with Gasteiger partial charge < -0.3 is 9.47 Å². The maximum absolute atomic E-state index is 12.4. The first-order valence-electron chi connectivity index (χ1n) is 7.61. The third kappa shape index (κ3) is 3.83. The molecule has 0 heterocycles. The summed E-state index contributed by atoms with van der Waals surface area (Å²) in [5.74, 6) is 1.38. The molecule has 1 fully saturated rings. The van der Waals surface area contributed by atoms with E-state index in [1.165, 1.54) is 0 Å².